The molecule has 0 amide bonds. The van der Waals surface area contributed by atoms with Crippen molar-refractivity contribution in [2.45, 2.75) is 6.61 Å². The van der Waals surface area contributed by atoms with Crippen molar-refractivity contribution in [1.82, 2.24) is 0 Å². The molecule has 0 aliphatic heterocycles. The van der Waals surface area contributed by atoms with Crippen LogP contribution in [0, 0.1) is 5.82 Å². The van der Waals surface area contributed by atoms with Gasteiger partial charge in [0.15, 0.2) is 17.3 Å². The highest BCUT2D eigenvalue weighted by molar-refractivity contribution is 6.08. The Kier molecular flexibility index (Phi) is 5.09. The van der Waals surface area contributed by atoms with Crippen LogP contribution in [0.4, 0.5) is 4.39 Å². The van der Waals surface area contributed by atoms with Gasteiger partial charge in [0, 0.05) is 11.1 Å². The molecule has 0 bridgehead atoms. The summed E-state index contributed by atoms with van der Waals surface area (Å²) < 4.78 is 24.2. The average Bonchev–Trinajstić information content (AvgIpc) is 2.67. The minimum absolute atomic E-state index is 0.0376. The molecule has 0 N–H and O–H groups in total. The molecule has 4 heteroatoms. The van der Waals surface area contributed by atoms with E-state index in [1.807, 2.05) is 18.2 Å². The van der Waals surface area contributed by atoms with E-state index in [4.69, 9.17) is 9.47 Å². The van der Waals surface area contributed by atoms with Crippen molar-refractivity contribution in [3.05, 3.63) is 95.3 Å². The minimum atomic E-state index is -0.424. The van der Waals surface area contributed by atoms with E-state index in [9.17, 15) is 9.18 Å². The van der Waals surface area contributed by atoms with Gasteiger partial charge in [-0.2, -0.15) is 0 Å². The first-order valence-corrected chi connectivity index (χ1v) is 7.82. The van der Waals surface area contributed by atoms with Gasteiger partial charge >= 0.3 is 0 Å². The summed E-state index contributed by atoms with van der Waals surface area (Å²) in [5.74, 6) is 0.352. The molecule has 0 saturated heterocycles. The van der Waals surface area contributed by atoms with Crippen LogP contribution < -0.4 is 9.47 Å². The average molecular weight is 336 g/mol. The molecule has 3 aromatic rings. The van der Waals surface area contributed by atoms with E-state index in [1.165, 1.54) is 13.2 Å². The van der Waals surface area contributed by atoms with Crippen LogP contribution in [0.5, 0.6) is 11.5 Å². The molecule has 0 aromatic heterocycles. The third-order valence-corrected chi connectivity index (χ3v) is 3.77. The van der Waals surface area contributed by atoms with Crippen molar-refractivity contribution >= 4 is 5.78 Å². The van der Waals surface area contributed by atoms with E-state index >= 15 is 0 Å². The largest absolute Gasteiger partial charge is 0.494 e. The first-order valence-electron chi connectivity index (χ1n) is 7.82. The van der Waals surface area contributed by atoms with Gasteiger partial charge in [-0.05, 0) is 42.0 Å². The lowest BCUT2D eigenvalue weighted by Crippen LogP contribution is -2.01. The van der Waals surface area contributed by atoms with E-state index in [-0.39, 0.29) is 18.1 Å². The zero-order valence-electron chi connectivity index (χ0n) is 13.7. The lowest BCUT2D eigenvalue weighted by molar-refractivity contribution is 0.103. The Morgan fingerprint density at radius 3 is 2.24 bits per heavy atom. The summed E-state index contributed by atoms with van der Waals surface area (Å²) in [6.45, 7) is 0.229. The van der Waals surface area contributed by atoms with Gasteiger partial charge in [-0.3, -0.25) is 4.79 Å². The van der Waals surface area contributed by atoms with Gasteiger partial charge in [-0.15, -0.1) is 0 Å². The molecular weight excluding hydrogens is 319 g/mol. The smallest absolute Gasteiger partial charge is 0.193 e. The van der Waals surface area contributed by atoms with Gasteiger partial charge in [0.05, 0.1) is 7.11 Å². The Balaban J connectivity index is 1.65. The molecule has 0 heterocycles. The number of halogens is 1. The van der Waals surface area contributed by atoms with Crippen LogP contribution >= 0.6 is 0 Å². The topological polar surface area (TPSA) is 35.5 Å². The van der Waals surface area contributed by atoms with Crippen molar-refractivity contribution in [1.29, 1.82) is 0 Å². The Hall–Kier alpha value is -3.14. The maximum Gasteiger partial charge on any atom is 0.193 e. The summed E-state index contributed by atoms with van der Waals surface area (Å²) in [7, 11) is 1.42. The molecule has 0 aliphatic carbocycles. The monoisotopic (exact) mass is 336 g/mol. The van der Waals surface area contributed by atoms with Crippen LogP contribution in [0.2, 0.25) is 0 Å². The molecule has 0 radical (unpaired) electrons. The number of carbonyl (C=O) groups is 1. The number of benzene rings is 3. The second-order valence-corrected chi connectivity index (χ2v) is 5.48. The SMILES string of the molecule is COc1ccc(COc2ccc(C(=O)c3ccccc3)cc2)cc1F. The first-order chi connectivity index (χ1) is 12.2. The second kappa shape index (κ2) is 7.62. The van der Waals surface area contributed by atoms with Crippen LogP contribution in [0.1, 0.15) is 21.5 Å². The van der Waals surface area contributed by atoms with Crippen LogP contribution in [-0.4, -0.2) is 12.9 Å². The Bertz CT molecular complexity index is 858. The van der Waals surface area contributed by atoms with E-state index in [0.717, 1.165) is 0 Å². The molecule has 0 aliphatic rings. The lowest BCUT2D eigenvalue weighted by Gasteiger charge is -2.08. The minimum Gasteiger partial charge on any atom is -0.494 e. The highest BCUT2D eigenvalue weighted by Gasteiger charge is 2.09. The molecule has 25 heavy (non-hydrogen) atoms. The fourth-order valence-corrected chi connectivity index (χ4v) is 2.43. The number of hydrogen-bond donors (Lipinski definition) is 0. The Morgan fingerprint density at radius 1 is 0.920 bits per heavy atom. The highest BCUT2D eigenvalue weighted by Crippen LogP contribution is 2.20. The fourth-order valence-electron chi connectivity index (χ4n) is 2.43. The van der Waals surface area contributed by atoms with Crippen molar-refractivity contribution in [3.8, 4) is 11.5 Å². The number of rotatable bonds is 6. The summed E-state index contributed by atoms with van der Waals surface area (Å²) >= 11 is 0. The number of hydrogen-bond acceptors (Lipinski definition) is 3. The summed E-state index contributed by atoms with van der Waals surface area (Å²) in [5.41, 5.74) is 1.93. The summed E-state index contributed by atoms with van der Waals surface area (Å²) in [6, 6.07) is 20.7. The van der Waals surface area contributed by atoms with Gasteiger partial charge in [-0.1, -0.05) is 36.4 Å². The van der Waals surface area contributed by atoms with E-state index in [0.29, 0.717) is 22.4 Å². The second-order valence-electron chi connectivity index (χ2n) is 5.48. The van der Waals surface area contributed by atoms with Crippen LogP contribution in [-0.2, 0) is 6.61 Å². The summed E-state index contributed by atoms with van der Waals surface area (Å²) in [5, 5.41) is 0. The molecule has 3 nitrogen and oxygen atoms in total. The number of carbonyl (C=O) groups excluding carboxylic acids is 1. The first kappa shape index (κ1) is 16.7. The highest BCUT2D eigenvalue weighted by atomic mass is 19.1. The summed E-state index contributed by atoms with van der Waals surface area (Å²) in [4.78, 5) is 12.3. The molecule has 0 spiro atoms. The predicted octanol–water partition coefficient (Wildman–Crippen LogP) is 4.64. The normalized spacial score (nSPS) is 10.3. The molecule has 3 rings (SSSR count). The molecule has 0 unspecified atom stereocenters. The Labute approximate surface area is 145 Å². The zero-order chi connectivity index (χ0) is 17.6. The van der Waals surface area contributed by atoms with Crippen LogP contribution in [0.15, 0.2) is 72.8 Å². The maximum atomic E-state index is 13.7. The fraction of sp³-hybridized carbons (Fsp3) is 0.0952. The van der Waals surface area contributed by atoms with E-state index in [1.54, 1.807) is 48.5 Å². The van der Waals surface area contributed by atoms with Crippen molar-refractivity contribution in [2.24, 2.45) is 0 Å². The predicted molar refractivity (Wildman–Crippen MR) is 93.6 cm³/mol. The van der Waals surface area contributed by atoms with Crippen molar-refractivity contribution < 1.29 is 18.7 Å². The number of ketones is 1. The number of methoxy groups -OCH3 is 1. The molecule has 0 saturated carbocycles. The van der Waals surface area contributed by atoms with Gasteiger partial charge in [0.2, 0.25) is 0 Å². The Morgan fingerprint density at radius 2 is 1.60 bits per heavy atom. The van der Waals surface area contributed by atoms with Gasteiger partial charge in [0.25, 0.3) is 0 Å². The standard InChI is InChI=1S/C21H17FO3/c1-24-20-12-7-15(13-19(20)22)14-25-18-10-8-17(9-11-18)21(23)16-5-3-2-4-6-16/h2-13H,14H2,1H3. The third kappa shape index (κ3) is 4.04. The van der Waals surface area contributed by atoms with E-state index in [2.05, 4.69) is 0 Å². The molecule has 126 valence electrons. The third-order valence-electron chi connectivity index (χ3n) is 3.77. The van der Waals surface area contributed by atoms with Gasteiger partial charge in [-0.25, -0.2) is 4.39 Å². The van der Waals surface area contributed by atoms with Crippen molar-refractivity contribution in [3.63, 3.8) is 0 Å². The number of ether oxygens (including phenoxy) is 2. The summed E-state index contributed by atoms with van der Waals surface area (Å²) in [6.07, 6.45) is 0. The quantitative estimate of drug-likeness (QED) is 0.615. The van der Waals surface area contributed by atoms with Gasteiger partial charge in [0.1, 0.15) is 12.4 Å². The zero-order valence-corrected chi connectivity index (χ0v) is 13.7. The molecule has 0 fully saturated rings. The van der Waals surface area contributed by atoms with Crippen molar-refractivity contribution in [2.75, 3.05) is 7.11 Å². The molecular formula is C21H17FO3. The van der Waals surface area contributed by atoms with Crippen LogP contribution in [0.25, 0.3) is 0 Å². The molecule has 3 aromatic carbocycles. The lowest BCUT2D eigenvalue weighted by atomic mass is 10.0. The maximum absolute atomic E-state index is 13.7. The molecule has 0 atom stereocenters. The van der Waals surface area contributed by atoms with Gasteiger partial charge < -0.3 is 9.47 Å². The van der Waals surface area contributed by atoms with E-state index < -0.39 is 5.82 Å². The van der Waals surface area contributed by atoms with Crippen LogP contribution in [0.3, 0.4) is 0 Å².